The summed E-state index contributed by atoms with van der Waals surface area (Å²) in [5.74, 6) is 0. The maximum absolute atomic E-state index is 7.08. The Kier molecular flexibility index (Phi) is 8.59. The van der Waals surface area contributed by atoms with Crippen LogP contribution >= 0.6 is 0 Å². The van der Waals surface area contributed by atoms with Gasteiger partial charge in [-0.05, 0) is 83.9 Å². The molecule has 332 valence electrons. The molecule has 0 unspecified atom stereocenters. The molecule has 0 aliphatic heterocycles. The molecule has 0 radical (unpaired) electrons. The molecule has 71 heavy (non-hydrogen) atoms. The van der Waals surface area contributed by atoms with E-state index in [1.807, 2.05) is 24.3 Å². The molecule has 0 saturated heterocycles. The van der Waals surface area contributed by atoms with Crippen LogP contribution in [0.5, 0.6) is 0 Å². The van der Waals surface area contributed by atoms with Gasteiger partial charge in [0.05, 0.1) is 27.8 Å². The van der Waals surface area contributed by atoms with Crippen molar-refractivity contribution in [2.75, 3.05) is 4.90 Å². The van der Waals surface area contributed by atoms with E-state index in [9.17, 15) is 0 Å². The van der Waals surface area contributed by atoms with Crippen LogP contribution in [0.2, 0.25) is 0 Å². The number of para-hydroxylation sites is 8. The molecule has 4 heterocycles. The first-order valence-electron chi connectivity index (χ1n) is 24.1. The molecule has 0 bridgehead atoms. The summed E-state index contributed by atoms with van der Waals surface area (Å²) in [5, 5.41) is 8.96. The first kappa shape index (κ1) is 39.4. The number of hydrogen-bond donors (Lipinski definition) is 0. The van der Waals surface area contributed by atoms with Crippen LogP contribution in [-0.2, 0) is 0 Å². The molecule has 11 aromatic carbocycles. The van der Waals surface area contributed by atoms with Crippen LogP contribution in [-0.4, -0.2) is 4.57 Å². The van der Waals surface area contributed by atoms with Crippen LogP contribution < -0.4 is 4.90 Å². The van der Waals surface area contributed by atoms with Crippen LogP contribution in [0.1, 0.15) is 0 Å². The van der Waals surface area contributed by atoms with Gasteiger partial charge in [-0.2, -0.15) is 0 Å². The Morgan fingerprint density at radius 3 is 1.27 bits per heavy atom. The average molecular weight is 909 g/mol. The lowest BCUT2D eigenvalue weighted by atomic mass is 9.97. The second kappa shape index (κ2) is 15.5. The van der Waals surface area contributed by atoms with Gasteiger partial charge in [0, 0.05) is 71.3 Å². The lowest BCUT2D eigenvalue weighted by molar-refractivity contribution is 0.669. The van der Waals surface area contributed by atoms with Crippen molar-refractivity contribution in [3.8, 4) is 39.1 Å². The molecule has 0 aliphatic carbocycles. The first-order chi connectivity index (χ1) is 35.2. The van der Waals surface area contributed by atoms with Crippen LogP contribution in [0.15, 0.2) is 256 Å². The van der Waals surface area contributed by atoms with Gasteiger partial charge in [0.1, 0.15) is 33.5 Å². The molecule has 0 N–H and O–H groups in total. The molecule has 0 fully saturated rings. The van der Waals surface area contributed by atoms with Crippen molar-refractivity contribution >= 4 is 105 Å². The largest absolute Gasteiger partial charge is 0.455 e. The van der Waals surface area contributed by atoms with Gasteiger partial charge in [-0.15, -0.1) is 0 Å². The molecule has 0 aliphatic rings. The van der Waals surface area contributed by atoms with Crippen LogP contribution in [0.25, 0.3) is 127 Å². The predicted molar refractivity (Wildman–Crippen MR) is 294 cm³/mol. The number of fused-ring (bicyclic) bond motifs is 12. The minimum Gasteiger partial charge on any atom is -0.455 e. The standard InChI is InChI=1S/C66H40N2O3/c1-7-25-56-47(15-1)48-16-2-8-26-57(48)68(56)58-27-9-3-17-49(58)54-39-40-59(63-55-20-6-12-30-62(55)71-66(54)63)67(43-35-31-41(32-36-43)45-21-13-23-52-50-18-4-10-28-60(50)69-64(45)52)44-37-33-42(34-38-44)46-22-14-24-53-51-19-5-11-29-61(51)70-65(46)53/h1-40H. The van der Waals surface area contributed by atoms with Gasteiger partial charge < -0.3 is 22.7 Å². The molecule has 15 rings (SSSR count). The molecule has 0 atom stereocenters. The summed E-state index contributed by atoms with van der Waals surface area (Å²) in [4.78, 5) is 2.37. The van der Waals surface area contributed by atoms with E-state index >= 15 is 0 Å². The molecule has 0 amide bonds. The second-order valence-electron chi connectivity index (χ2n) is 18.3. The maximum Gasteiger partial charge on any atom is 0.145 e. The summed E-state index contributed by atoms with van der Waals surface area (Å²) in [6, 6.07) is 86.1. The van der Waals surface area contributed by atoms with E-state index in [1.54, 1.807) is 0 Å². The van der Waals surface area contributed by atoms with Crippen molar-refractivity contribution in [1.29, 1.82) is 0 Å². The summed E-state index contributed by atoms with van der Waals surface area (Å²) < 4.78 is 22.5. The van der Waals surface area contributed by atoms with Gasteiger partial charge in [0.15, 0.2) is 0 Å². The summed E-state index contributed by atoms with van der Waals surface area (Å²) in [6.45, 7) is 0. The zero-order valence-corrected chi connectivity index (χ0v) is 38.2. The predicted octanol–water partition coefficient (Wildman–Crippen LogP) is 19.0. The van der Waals surface area contributed by atoms with Crippen molar-refractivity contribution in [3.63, 3.8) is 0 Å². The van der Waals surface area contributed by atoms with Crippen LogP contribution in [0.4, 0.5) is 17.1 Å². The highest BCUT2D eigenvalue weighted by molar-refractivity contribution is 6.18. The van der Waals surface area contributed by atoms with Crippen molar-refractivity contribution < 1.29 is 13.3 Å². The number of hydrogen-bond acceptors (Lipinski definition) is 4. The van der Waals surface area contributed by atoms with Crippen molar-refractivity contribution in [1.82, 2.24) is 4.57 Å². The summed E-state index contributed by atoms with van der Waals surface area (Å²) in [7, 11) is 0. The quantitative estimate of drug-likeness (QED) is 0.160. The van der Waals surface area contributed by atoms with Crippen LogP contribution in [0, 0.1) is 0 Å². The van der Waals surface area contributed by atoms with E-state index in [4.69, 9.17) is 13.3 Å². The molecule has 15 aromatic rings. The lowest BCUT2D eigenvalue weighted by Crippen LogP contribution is -2.10. The average Bonchev–Trinajstić information content (AvgIpc) is 4.21. The number of furan rings is 3. The number of nitrogens with zero attached hydrogens (tertiary/aromatic N) is 2. The van der Waals surface area contributed by atoms with Gasteiger partial charge in [-0.1, -0.05) is 170 Å². The highest BCUT2D eigenvalue weighted by Crippen LogP contribution is 2.49. The Morgan fingerprint density at radius 2 is 0.704 bits per heavy atom. The number of rotatable bonds is 7. The van der Waals surface area contributed by atoms with Gasteiger partial charge in [0.2, 0.25) is 0 Å². The third kappa shape index (κ3) is 6.00. The molecule has 5 heteroatoms. The highest BCUT2D eigenvalue weighted by atomic mass is 16.3. The third-order valence-electron chi connectivity index (χ3n) is 14.4. The zero-order valence-electron chi connectivity index (χ0n) is 38.2. The minimum absolute atomic E-state index is 0.822. The smallest absolute Gasteiger partial charge is 0.145 e. The SMILES string of the molecule is c1ccc(-n2c3ccccc3c3ccccc32)c(-c2ccc(N(c3ccc(-c4cccc5c4oc4ccccc45)cc3)c3ccc(-c4cccc5c4oc4ccccc45)cc3)c3c2oc2ccccc23)c1. The fourth-order valence-corrected chi connectivity index (χ4v) is 11.2. The molecule has 4 aromatic heterocycles. The fraction of sp³-hybridized carbons (Fsp3) is 0. The minimum atomic E-state index is 0.822. The third-order valence-corrected chi connectivity index (χ3v) is 14.4. The molecule has 0 spiro atoms. The van der Waals surface area contributed by atoms with Crippen molar-refractivity contribution in [3.05, 3.63) is 243 Å². The monoisotopic (exact) mass is 908 g/mol. The van der Waals surface area contributed by atoms with Crippen LogP contribution in [0.3, 0.4) is 0 Å². The summed E-state index contributed by atoms with van der Waals surface area (Å²) >= 11 is 0. The van der Waals surface area contributed by atoms with E-state index in [1.165, 1.54) is 10.8 Å². The molecule has 5 nitrogen and oxygen atoms in total. The summed E-state index contributed by atoms with van der Waals surface area (Å²) in [6.07, 6.45) is 0. The fourth-order valence-electron chi connectivity index (χ4n) is 11.2. The van der Waals surface area contributed by atoms with E-state index in [0.717, 1.165) is 133 Å². The van der Waals surface area contributed by atoms with Crippen molar-refractivity contribution in [2.45, 2.75) is 0 Å². The van der Waals surface area contributed by atoms with E-state index in [-0.39, 0.29) is 0 Å². The Bertz CT molecular complexity index is 4380. The number of benzene rings is 11. The molecular formula is C66H40N2O3. The van der Waals surface area contributed by atoms with Gasteiger partial charge in [-0.25, -0.2) is 0 Å². The summed E-state index contributed by atoms with van der Waals surface area (Å²) in [5.41, 5.74) is 17.9. The number of anilines is 3. The zero-order chi connectivity index (χ0) is 46.6. The topological polar surface area (TPSA) is 47.6 Å². The van der Waals surface area contributed by atoms with E-state index < -0.39 is 0 Å². The Labute approximate surface area is 407 Å². The van der Waals surface area contributed by atoms with E-state index in [2.05, 4.69) is 228 Å². The van der Waals surface area contributed by atoms with E-state index in [0.29, 0.717) is 0 Å². The Balaban J connectivity index is 0.934. The first-order valence-corrected chi connectivity index (χ1v) is 24.1. The normalized spacial score (nSPS) is 11.9. The second-order valence-corrected chi connectivity index (χ2v) is 18.3. The number of aromatic nitrogens is 1. The van der Waals surface area contributed by atoms with Gasteiger partial charge >= 0.3 is 0 Å². The molecular weight excluding hydrogens is 869 g/mol. The van der Waals surface area contributed by atoms with Gasteiger partial charge in [0.25, 0.3) is 0 Å². The molecule has 0 saturated carbocycles. The Morgan fingerprint density at radius 1 is 0.282 bits per heavy atom. The van der Waals surface area contributed by atoms with Gasteiger partial charge in [-0.3, -0.25) is 0 Å². The van der Waals surface area contributed by atoms with Crippen molar-refractivity contribution in [2.24, 2.45) is 0 Å². The highest BCUT2D eigenvalue weighted by Gasteiger charge is 2.25. The Hall–Kier alpha value is -9.58. The lowest BCUT2D eigenvalue weighted by Gasteiger charge is -2.27. The maximum atomic E-state index is 7.08.